The molecule has 0 amide bonds. The first kappa shape index (κ1) is 13.6. The fourth-order valence-corrected chi connectivity index (χ4v) is 2.42. The van der Waals surface area contributed by atoms with Crippen LogP contribution in [0.4, 0.5) is 0 Å². The lowest BCUT2D eigenvalue weighted by atomic mass is 9.98. The smallest absolute Gasteiger partial charge is 0.338 e. The van der Waals surface area contributed by atoms with Gasteiger partial charge in [0.25, 0.3) is 0 Å². The van der Waals surface area contributed by atoms with Crippen molar-refractivity contribution in [3.05, 3.63) is 33.8 Å². The van der Waals surface area contributed by atoms with Crippen molar-refractivity contribution in [2.75, 3.05) is 7.11 Å². The summed E-state index contributed by atoms with van der Waals surface area (Å²) >= 11 is 3.33. The number of methoxy groups -OCH3 is 1. The van der Waals surface area contributed by atoms with E-state index in [0.717, 1.165) is 16.8 Å². The molecule has 0 spiro atoms. The molecule has 1 N–H and O–H groups in total. The van der Waals surface area contributed by atoms with Crippen molar-refractivity contribution in [3.63, 3.8) is 0 Å². The molecule has 3 nitrogen and oxygen atoms in total. The number of hydrogen-bond acceptors (Lipinski definition) is 3. The lowest BCUT2D eigenvalue weighted by molar-refractivity contribution is 0.0592. The number of aliphatic hydroxyl groups is 1. The highest BCUT2D eigenvalue weighted by atomic mass is 79.9. The molecular formula is C14H17BrO3. The van der Waals surface area contributed by atoms with Crippen LogP contribution >= 0.6 is 15.9 Å². The van der Waals surface area contributed by atoms with E-state index in [1.165, 1.54) is 20.0 Å². The van der Waals surface area contributed by atoms with E-state index in [1.807, 2.05) is 6.07 Å². The molecule has 2 rings (SSSR count). The van der Waals surface area contributed by atoms with Crippen molar-refractivity contribution in [2.24, 2.45) is 5.92 Å². The maximum absolute atomic E-state index is 11.7. The molecule has 0 heterocycles. The summed E-state index contributed by atoms with van der Waals surface area (Å²) in [6.45, 7) is 0. The number of rotatable bonds is 5. The average molecular weight is 313 g/mol. The molecule has 0 aromatic heterocycles. The number of ether oxygens (including phenoxy) is 1. The highest BCUT2D eigenvalue weighted by Gasteiger charge is 2.24. The molecule has 0 aliphatic heterocycles. The first-order valence-corrected chi connectivity index (χ1v) is 6.97. The molecule has 1 aliphatic carbocycles. The summed E-state index contributed by atoms with van der Waals surface area (Å²) in [4.78, 5) is 11.7. The van der Waals surface area contributed by atoms with Crippen LogP contribution in [0, 0.1) is 5.92 Å². The molecule has 98 valence electrons. The van der Waals surface area contributed by atoms with Gasteiger partial charge >= 0.3 is 5.97 Å². The highest BCUT2D eigenvalue weighted by molar-refractivity contribution is 9.10. The van der Waals surface area contributed by atoms with Gasteiger partial charge in [-0.25, -0.2) is 4.79 Å². The van der Waals surface area contributed by atoms with Crippen LogP contribution in [0.1, 0.15) is 47.7 Å². The molecule has 4 heteroatoms. The van der Waals surface area contributed by atoms with Crippen LogP contribution in [0.2, 0.25) is 0 Å². The van der Waals surface area contributed by atoms with Gasteiger partial charge in [0.1, 0.15) is 0 Å². The molecule has 0 radical (unpaired) electrons. The molecule has 1 saturated carbocycles. The zero-order chi connectivity index (χ0) is 13.1. The van der Waals surface area contributed by atoms with Crippen LogP contribution in [0.3, 0.4) is 0 Å². The summed E-state index contributed by atoms with van der Waals surface area (Å²) in [5.41, 5.74) is 1.10. The van der Waals surface area contributed by atoms with Crippen LogP contribution < -0.4 is 0 Å². The van der Waals surface area contributed by atoms with Gasteiger partial charge < -0.3 is 9.84 Å². The van der Waals surface area contributed by atoms with E-state index >= 15 is 0 Å². The Morgan fingerprint density at radius 2 is 2.28 bits per heavy atom. The number of benzene rings is 1. The van der Waals surface area contributed by atoms with Gasteiger partial charge in [-0.2, -0.15) is 0 Å². The van der Waals surface area contributed by atoms with Crippen LogP contribution in [0.25, 0.3) is 0 Å². The minimum atomic E-state index is -0.590. The van der Waals surface area contributed by atoms with E-state index < -0.39 is 12.1 Å². The minimum absolute atomic E-state index is 0.406. The molecule has 1 atom stereocenters. The number of carbonyl (C=O) groups is 1. The zero-order valence-electron chi connectivity index (χ0n) is 10.4. The number of esters is 1. The maximum atomic E-state index is 11.7. The standard InChI is InChI=1S/C14H17BrO3/c1-18-14(17)12-8-10(15)5-6-11(12)13(16)7-4-9-2-3-9/h5-6,8-9,13,16H,2-4,7H2,1H3. The Morgan fingerprint density at radius 3 is 2.89 bits per heavy atom. The van der Waals surface area contributed by atoms with Gasteiger partial charge in [0, 0.05) is 4.47 Å². The Labute approximate surface area is 115 Å². The summed E-state index contributed by atoms with van der Waals surface area (Å²) in [6.07, 6.45) is 3.69. The number of halogens is 1. The van der Waals surface area contributed by atoms with Gasteiger partial charge in [0.2, 0.25) is 0 Å². The van der Waals surface area contributed by atoms with Crippen LogP contribution in [-0.4, -0.2) is 18.2 Å². The predicted octanol–water partition coefficient (Wildman–Crippen LogP) is 3.46. The SMILES string of the molecule is COC(=O)c1cc(Br)ccc1C(O)CCC1CC1. The fraction of sp³-hybridized carbons (Fsp3) is 0.500. The molecule has 1 aromatic rings. The van der Waals surface area contributed by atoms with Crippen LogP contribution in [0.5, 0.6) is 0 Å². The molecule has 1 fully saturated rings. The van der Waals surface area contributed by atoms with Gasteiger partial charge in [-0.1, -0.05) is 34.8 Å². The lowest BCUT2D eigenvalue weighted by Gasteiger charge is -2.14. The van der Waals surface area contributed by atoms with Crippen molar-refractivity contribution >= 4 is 21.9 Å². The minimum Gasteiger partial charge on any atom is -0.465 e. The van der Waals surface area contributed by atoms with Gasteiger partial charge in [0.05, 0.1) is 18.8 Å². The summed E-state index contributed by atoms with van der Waals surface area (Å²) in [7, 11) is 1.35. The molecule has 1 aromatic carbocycles. The summed E-state index contributed by atoms with van der Waals surface area (Å²) in [6, 6.07) is 5.32. The molecule has 0 bridgehead atoms. The second-order valence-corrected chi connectivity index (χ2v) is 5.68. The van der Waals surface area contributed by atoms with Crippen LogP contribution in [-0.2, 0) is 4.74 Å². The topological polar surface area (TPSA) is 46.5 Å². The summed E-state index contributed by atoms with van der Waals surface area (Å²) in [5.74, 6) is 0.369. The van der Waals surface area contributed by atoms with Crippen molar-refractivity contribution in [1.29, 1.82) is 0 Å². The summed E-state index contributed by atoms with van der Waals surface area (Å²) in [5, 5.41) is 10.2. The van der Waals surface area contributed by atoms with E-state index in [9.17, 15) is 9.90 Å². The molecule has 1 unspecified atom stereocenters. The number of hydrogen-bond donors (Lipinski definition) is 1. The largest absolute Gasteiger partial charge is 0.465 e. The Hall–Kier alpha value is -0.870. The third-order valence-electron chi connectivity index (χ3n) is 3.32. The third-order valence-corrected chi connectivity index (χ3v) is 3.82. The molecule has 1 aliphatic rings. The van der Waals surface area contributed by atoms with E-state index in [0.29, 0.717) is 17.5 Å². The second kappa shape index (κ2) is 5.85. The van der Waals surface area contributed by atoms with E-state index in [2.05, 4.69) is 15.9 Å². The van der Waals surface area contributed by atoms with Gasteiger partial charge in [-0.3, -0.25) is 0 Å². The summed E-state index contributed by atoms with van der Waals surface area (Å²) < 4.78 is 5.56. The van der Waals surface area contributed by atoms with Crippen molar-refractivity contribution < 1.29 is 14.6 Å². The van der Waals surface area contributed by atoms with Gasteiger partial charge in [-0.15, -0.1) is 0 Å². The molecule has 18 heavy (non-hydrogen) atoms. The first-order chi connectivity index (χ1) is 8.61. The Balaban J connectivity index is 2.15. The Morgan fingerprint density at radius 1 is 1.56 bits per heavy atom. The van der Waals surface area contributed by atoms with Crippen LogP contribution in [0.15, 0.2) is 22.7 Å². The number of aliphatic hydroxyl groups excluding tert-OH is 1. The predicted molar refractivity (Wildman–Crippen MR) is 72.4 cm³/mol. The molecular weight excluding hydrogens is 296 g/mol. The van der Waals surface area contributed by atoms with Crippen molar-refractivity contribution in [3.8, 4) is 0 Å². The Kier molecular flexibility index (Phi) is 4.40. The van der Waals surface area contributed by atoms with Crippen molar-refractivity contribution in [2.45, 2.75) is 31.8 Å². The van der Waals surface area contributed by atoms with Gasteiger partial charge in [0.15, 0.2) is 0 Å². The quantitative estimate of drug-likeness (QED) is 0.847. The highest BCUT2D eigenvalue weighted by Crippen LogP contribution is 2.36. The fourth-order valence-electron chi connectivity index (χ4n) is 2.06. The zero-order valence-corrected chi connectivity index (χ0v) is 11.9. The third kappa shape index (κ3) is 3.33. The van der Waals surface area contributed by atoms with Gasteiger partial charge in [-0.05, 0) is 36.5 Å². The second-order valence-electron chi connectivity index (χ2n) is 4.76. The maximum Gasteiger partial charge on any atom is 0.338 e. The normalized spacial score (nSPS) is 16.4. The van der Waals surface area contributed by atoms with E-state index in [1.54, 1.807) is 12.1 Å². The average Bonchev–Trinajstić information content (AvgIpc) is 3.19. The van der Waals surface area contributed by atoms with E-state index in [4.69, 9.17) is 4.74 Å². The number of carbonyl (C=O) groups excluding carboxylic acids is 1. The lowest BCUT2D eigenvalue weighted by Crippen LogP contribution is -2.09. The van der Waals surface area contributed by atoms with E-state index in [-0.39, 0.29) is 0 Å². The molecule has 0 saturated heterocycles. The Bertz CT molecular complexity index is 441. The van der Waals surface area contributed by atoms with Crippen molar-refractivity contribution in [1.82, 2.24) is 0 Å². The monoisotopic (exact) mass is 312 g/mol. The first-order valence-electron chi connectivity index (χ1n) is 6.17.